The van der Waals surface area contributed by atoms with Gasteiger partial charge in [0.05, 0.1) is 5.92 Å². The van der Waals surface area contributed by atoms with Gasteiger partial charge in [-0.2, -0.15) is 0 Å². The van der Waals surface area contributed by atoms with Crippen LogP contribution in [0.1, 0.15) is 36.9 Å². The van der Waals surface area contributed by atoms with Crippen molar-refractivity contribution in [1.29, 1.82) is 0 Å². The number of hydrogen-bond acceptors (Lipinski definition) is 2. The van der Waals surface area contributed by atoms with E-state index in [9.17, 15) is 4.79 Å². The predicted octanol–water partition coefficient (Wildman–Crippen LogP) is 2.85. The van der Waals surface area contributed by atoms with Crippen LogP contribution in [0.5, 0.6) is 0 Å². The Labute approximate surface area is 108 Å². The van der Waals surface area contributed by atoms with Crippen LogP contribution >= 0.6 is 0 Å². The highest BCUT2D eigenvalue weighted by molar-refractivity contribution is 5.70. The number of carboxylic acids is 1. The zero-order chi connectivity index (χ0) is 13.1. The largest absolute Gasteiger partial charge is 0.481 e. The molecule has 3 nitrogen and oxygen atoms in total. The molecule has 0 amide bonds. The number of aliphatic carboxylic acids is 1. The molecule has 1 heterocycles. The summed E-state index contributed by atoms with van der Waals surface area (Å²) < 4.78 is 0. The third-order valence-corrected chi connectivity index (χ3v) is 4.07. The molecule has 1 aromatic carbocycles. The van der Waals surface area contributed by atoms with Gasteiger partial charge in [0.2, 0.25) is 0 Å². The number of aryl methyl sites for hydroxylation is 1. The topological polar surface area (TPSA) is 40.5 Å². The van der Waals surface area contributed by atoms with Crippen LogP contribution in [0.3, 0.4) is 0 Å². The molecule has 1 aromatic rings. The van der Waals surface area contributed by atoms with Gasteiger partial charge in [0.1, 0.15) is 0 Å². The molecule has 1 saturated heterocycles. The summed E-state index contributed by atoms with van der Waals surface area (Å²) in [6.45, 7) is 6.11. The summed E-state index contributed by atoms with van der Waals surface area (Å²) >= 11 is 0. The third-order valence-electron chi connectivity index (χ3n) is 4.07. The second kappa shape index (κ2) is 5.53. The minimum atomic E-state index is -0.641. The van der Waals surface area contributed by atoms with E-state index in [1.165, 1.54) is 11.1 Å². The lowest BCUT2D eigenvalue weighted by Crippen LogP contribution is -2.38. The fourth-order valence-corrected chi connectivity index (χ4v) is 2.79. The van der Waals surface area contributed by atoms with Crippen LogP contribution in [0, 0.1) is 12.8 Å². The second-order valence-electron chi connectivity index (χ2n) is 5.18. The number of benzene rings is 1. The summed E-state index contributed by atoms with van der Waals surface area (Å²) in [5, 5.41) is 9.01. The number of hydrogen-bond donors (Lipinski definition) is 1. The van der Waals surface area contributed by atoms with Crippen LogP contribution in [0.2, 0.25) is 0 Å². The minimum absolute atomic E-state index is 0.148. The summed E-state index contributed by atoms with van der Waals surface area (Å²) in [7, 11) is 0. The van der Waals surface area contributed by atoms with Gasteiger partial charge in [0.25, 0.3) is 0 Å². The number of likely N-dealkylation sites (tertiary alicyclic amines) is 1. The van der Waals surface area contributed by atoms with Crippen molar-refractivity contribution in [1.82, 2.24) is 4.90 Å². The Balaban J connectivity index is 2.02. The minimum Gasteiger partial charge on any atom is -0.481 e. The molecule has 98 valence electrons. The summed E-state index contributed by atoms with van der Waals surface area (Å²) in [4.78, 5) is 13.3. The number of carboxylic acid groups (broad SMARTS) is 1. The lowest BCUT2D eigenvalue weighted by atomic mass is 9.94. The Morgan fingerprint density at radius 1 is 1.33 bits per heavy atom. The van der Waals surface area contributed by atoms with Crippen LogP contribution < -0.4 is 0 Å². The van der Waals surface area contributed by atoms with Crippen LogP contribution in [-0.4, -0.2) is 29.1 Å². The molecule has 1 N–H and O–H groups in total. The van der Waals surface area contributed by atoms with E-state index in [4.69, 9.17) is 5.11 Å². The summed E-state index contributed by atoms with van der Waals surface area (Å²) in [5.74, 6) is -0.788. The van der Waals surface area contributed by atoms with Crippen molar-refractivity contribution >= 4 is 5.97 Å². The molecule has 0 spiro atoms. The maximum absolute atomic E-state index is 10.9. The van der Waals surface area contributed by atoms with Crippen LogP contribution in [0.25, 0.3) is 0 Å². The molecule has 0 aliphatic carbocycles. The van der Waals surface area contributed by atoms with Crippen molar-refractivity contribution in [2.75, 3.05) is 13.1 Å². The molecule has 0 aromatic heterocycles. The highest BCUT2D eigenvalue weighted by Gasteiger charge is 2.27. The van der Waals surface area contributed by atoms with Gasteiger partial charge in [-0.25, -0.2) is 0 Å². The highest BCUT2D eigenvalue weighted by Crippen LogP contribution is 2.28. The van der Waals surface area contributed by atoms with Gasteiger partial charge >= 0.3 is 5.97 Å². The van der Waals surface area contributed by atoms with Crippen molar-refractivity contribution in [3.8, 4) is 0 Å². The maximum atomic E-state index is 10.9. The third kappa shape index (κ3) is 2.72. The normalized spacial score (nSPS) is 19.7. The molecule has 3 heteroatoms. The average Bonchev–Trinajstić information content (AvgIpc) is 2.38. The quantitative estimate of drug-likeness (QED) is 0.893. The van der Waals surface area contributed by atoms with Gasteiger partial charge in [0, 0.05) is 6.04 Å². The fourth-order valence-electron chi connectivity index (χ4n) is 2.79. The maximum Gasteiger partial charge on any atom is 0.306 e. The molecular formula is C15H21NO2. The van der Waals surface area contributed by atoms with E-state index >= 15 is 0 Å². The van der Waals surface area contributed by atoms with Crippen molar-refractivity contribution in [3.05, 3.63) is 35.4 Å². The number of carbonyl (C=O) groups is 1. The molecule has 2 rings (SSSR count). The SMILES string of the molecule is Cc1ccccc1C(C)N1CCC(C(=O)O)CC1. The lowest BCUT2D eigenvalue weighted by molar-refractivity contribution is -0.143. The van der Waals surface area contributed by atoms with Crippen LogP contribution in [0.15, 0.2) is 24.3 Å². The van der Waals surface area contributed by atoms with Crippen molar-refractivity contribution in [3.63, 3.8) is 0 Å². The zero-order valence-corrected chi connectivity index (χ0v) is 11.1. The van der Waals surface area contributed by atoms with Crippen molar-refractivity contribution < 1.29 is 9.90 Å². The number of rotatable bonds is 3. The van der Waals surface area contributed by atoms with E-state index in [0.717, 1.165) is 25.9 Å². The molecule has 0 radical (unpaired) electrons. The molecule has 1 aliphatic heterocycles. The Bertz CT molecular complexity index is 422. The van der Waals surface area contributed by atoms with Gasteiger partial charge in [-0.05, 0) is 50.9 Å². The van der Waals surface area contributed by atoms with Crippen LogP contribution in [-0.2, 0) is 4.79 Å². The predicted molar refractivity (Wildman–Crippen MR) is 71.5 cm³/mol. The molecular weight excluding hydrogens is 226 g/mol. The fraction of sp³-hybridized carbons (Fsp3) is 0.533. The first-order valence-corrected chi connectivity index (χ1v) is 6.62. The van der Waals surface area contributed by atoms with Gasteiger partial charge < -0.3 is 5.11 Å². The Morgan fingerprint density at radius 2 is 1.94 bits per heavy atom. The average molecular weight is 247 g/mol. The summed E-state index contributed by atoms with van der Waals surface area (Å²) in [6, 6.07) is 8.81. The zero-order valence-electron chi connectivity index (χ0n) is 11.1. The monoisotopic (exact) mass is 247 g/mol. The van der Waals surface area contributed by atoms with E-state index in [2.05, 4.69) is 43.0 Å². The lowest BCUT2D eigenvalue weighted by Gasteiger charge is -2.35. The Hall–Kier alpha value is -1.35. The van der Waals surface area contributed by atoms with Gasteiger partial charge in [-0.3, -0.25) is 9.69 Å². The molecule has 1 fully saturated rings. The molecule has 1 aliphatic rings. The first-order chi connectivity index (χ1) is 8.59. The summed E-state index contributed by atoms with van der Waals surface area (Å²) in [6.07, 6.45) is 1.54. The number of nitrogens with zero attached hydrogens (tertiary/aromatic N) is 1. The standard InChI is InChI=1S/C15H21NO2/c1-11-5-3-4-6-14(11)12(2)16-9-7-13(8-10-16)15(17)18/h3-6,12-13H,7-10H2,1-2H3,(H,17,18). The number of piperidine rings is 1. The second-order valence-corrected chi connectivity index (χ2v) is 5.18. The van der Waals surface area contributed by atoms with Gasteiger partial charge in [-0.15, -0.1) is 0 Å². The first-order valence-electron chi connectivity index (χ1n) is 6.62. The summed E-state index contributed by atoms with van der Waals surface area (Å²) in [5.41, 5.74) is 2.66. The smallest absolute Gasteiger partial charge is 0.306 e. The van der Waals surface area contributed by atoms with Crippen molar-refractivity contribution in [2.45, 2.75) is 32.7 Å². The molecule has 0 saturated carbocycles. The van der Waals surface area contributed by atoms with E-state index in [1.807, 2.05) is 0 Å². The Morgan fingerprint density at radius 3 is 2.50 bits per heavy atom. The van der Waals surface area contributed by atoms with Crippen molar-refractivity contribution in [2.24, 2.45) is 5.92 Å². The van der Waals surface area contributed by atoms with E-state index in [1.54, 1.807) is 0 Å². The van der Waals surface area contributed by atoms with Gasteiger partial charge in [-0.1, -0.05) is 24.3 Å². The molecule has 0 bridgehead atoms. The Kier molecular flexibility index (Phi) is 4.02. The van der Waals surface area contributed by atoms with E-state index in [-0.39, 0.29) is 5.92 Å². The molecule has 1 unspecified atom stereocenters. The van der Waals surface area contributed by atoms with E-state index in [0.29, 0.717) is 6.04 Å². The highest BCUT2D eigenvalue weighted by atomic mass is 16.4. The van der Waals surface area contributed by atoms with Crippen LogP contribution in [0.4, 0.5) is 0 Å². The molecule has 1 atom stereocenters. The first kappa shape index (κ1) is 13.1. The molecule has 18 heavy (non-hydrogen) atoms. The van der Waals surface area contributed by atoms with Gasteiger partial charge in [0.15, 0.2) is 0 Å². The van der Waals surface area contributed by atoms with E-state index < -0.39 is 5.97 Å².